The molecule has 0 bridgehead atoms. The molecule has 1 heterocycles. The van der Waals surface area contributed by atoms with Crippen LogP contribution in [0.25, 0.3) is 0 Å². The minimum atomic E-state index is -3.13. The zero-order valence-corrected chi connectivity index (χ0v) is 12.1. The first-order chi connectivity index (χ1) is 8.13. The van der Waals surface area contributed by atoms with Crippen molar-refractivity contribution in [1.82, 2.24) is 5.32 Å². The lowest BCUT2D eigenvalue weighted by Gasteiger charge is -2.22. The lowest BCUT2D eigenvalue weighted by atomic mass is 10.2. The predicted octanol–water partition coefficient (Wildman–Crippen LogP) is 1.57. The van der Waals surface area contributed by atoms with Crippen molar-refractivity contribution in [3.05, 3.63) is 27.1 Å². The number of nitrogens with zero attached hydrogens (tertiary/aromatic N) is 1. The van der Waals surface area contributed by atoms with Gasteiger partial charge < -0.3 is 5.32 Å². The maximum atomic E-state index is 11.5. The van der Waals surface area contributed by atoms with E-state index in [0.29, 0.717) is 13.1 Å². The Morgan fingerprint density at radius 3 is 2.50 bits per heavy atom. The molecular formula is C10H16N2O4S2. The van der Waals surface area contributed by atoms with Crippen molar-refractivity contribution >= 4 is 26.2 Å². The predicted molar refractivity (Wildman–Crippen MR) is 71.6 cm³/mol. The summed E-state index contributed by atoms with van der Waals surface area (Å²) in [6, 6.07) is 3.12. The van der Waals surface area contributed by atoms with E-state index in [1.807, 2.05) is 0 Å². The zero-order chi connectivity index (χ0) is 14.0. The third-order valence-electron chi connectivity index (χ3n) is 2.68. The van der Waals surface area contributed by atoms with Crippen molar-refractivity contribution in [2.45, 2.75) is 25.1 Å². The zero-order valence-electron chi connectivity index (χ0n) is 10.5. The number of nitrogens with one attached hydrogen (secondary N) is 1. The fourth-order valence-corrected chi connectivity index (χ4v) is 2.33. The molecule has 0 radical (unpaired) electrons. The van der Waals surface area contributed by atoms with Crippen LogP contribution in [0.1, 0.15) is 18.7 Å². The Morgan fingerprint density at radius 1 is 1.44 bits per heavy atom. The number of nitro groups is 1. The summed E-state index contributed by atoms with van der Waals surface area (Å²) in [6.07, 6.45) is 1.20. The maximum Gasteiger partial charge on any atom is 0.324 e. The summed E-state index contributed by atoms with van der Waals surface area (Å²) < 4.78 is 22.1. The second-order valence-corrected chi connectivity index (χ2v) is 8.43. The Morgan fingerprint density at radius 2 is 2.06 bits per heavy atom. The molecule has 1 aromatic rings. The van der Waals surface area contributed by atoms with E-state index in [1.54, 1.807) is 19.9 Å². The molecule has 102 valence electrons. The molecule has 0 aromatic carbocycles. The van der Waals surface area contributed by atoms with E-state index in [0.717, 1.165) is 16.2 Å². The molecule has 6 nitrogen and oxygen atoms in total. The van der Waals surface area contributed by atoms with Gasteiger partial charge >= 0.3 is 5.00 Å². The molecule has 18 heavy (non-hydrogen) atoms. The second kappa shape index (κ2) is 5.33. The minimum absolute atomic E-state index is 0.0918. The standard InChI is InChI=1S/C10H16N2O4S2/c1-10(2,18(3,15)16)7-11-6-8-4-5-9(17-8)12(13)14/h4-5,11H,6-7H2,1-3H3. The molecule has 0 spiro atoms. The van der Waals surface area contributed by atoms with Gasteiger partial charge in [0.2, 0.25) is 0 Å². The van der Waals surface area contributed by atoms with Gasteiger partial charge in [0.25, 0.3) is 0 Å². The molecular weight excluding hydrogens is 276 g/mol. The van der Waals surface area contributed by atoms with Crippen molar-refractivity contribution < 1.29 is 13.3 Å². The summed E-state index contributed by atoms with van der Waals surface area (Å²) in [4.78, 5) is 10.9. The van der Waals surface area contributed by atoms with Crippen LogP contribution in [0, 0.1) is 10.1 Å². The van der Waals surface area contributed by atoms with E-state index < -0.39 is 19.5 Å². The van der Waals surface area contributed by atoms with Crippen molar-refractivity contribution in [3.63, 3.8) is 0 Å². The van der Waals surface area contributed by atoms with Crippen LogP contribution in [0.3, 0.4) is 0 Å². The maximum absolute atomic E-state index is 11.5. The molecule has 0 saturated heterocycles. The van der Waals surface area contributed by atoms with E-state index in [2.05, 4.69) is 5.32 Å². The van der Waals surface area contributed by atoms with Gasteiger partial charge in [-0.25, -0.2) is 8.42 Å². The molecule has 0 aliphatic heterocycles. The number of hydrogen-bond acceptors (Lipinski definition) is 6. The summed E-state index contributed by atoms with van der Waals surface area (Å²) in [5.74, 6) is 0. The Hall–Kier alpha value is -0.990. The topological polar surface area (TPSA) is 89.3 Å². The molecule has 0 saturated carbocycles. The Balaban J connectivity index is 2.54. The summed E-state index contributed by atoms with van der Waals surface area (Å²) in [5, 5.41) is 13.6. The summed E-state index contributed by atoms with van der Waals surface area (Å²) in [5.41, 5.74) is 0. The summed E-state index contributed by atoms with van der Waals surface area (Å²) in [6.45, 7) is 4.02. The van der Waals surface area contributed by atoms with Crippen LogP contribution < -0.4 is 5.32 Å². The fourth-order valence-electron chi connectivity index (χ4n) is 1.18. The smallest absolute Gasteiger partial charge is 0.310 e. The van der Waals surface area contributed by atoms with Gasteiger partial charge in [-0.3, -0.25) is 10.1 Å². The molecule has 0 fully saturated rings. The number of hydrogen-bond donors (Lipinski definition) is 1. The van der Waals surface area contributed by atoms with E-state index >= 15 is 0 Å². The van der Waals surface area contributed by atoms with Crippen molar-refractivity contribution in [2.24, 2.45) is 0 Å². The van der Waals surface area contributed by atoms with Gasteiger partial charge in [0.05, 0.1) is 9.67 Å². The van der Waals surface area contributed by atoms with Gasteiger partial charge in [0.15, 0.2) is 9.84 Å². The van der Waals surface area contributed by atoms with Crippen molar-refractivity contribution in [3.8, 4) is 0 Å². The monoisotopic (exact) mass is 292 g/mol. The summed E-state index contributed by atoms with van der Waals surface area (Å²) in [7, 11) is -3.13. The minimum Gasteiger partial charge on any atom is -0.310 e. The molecule has 0 atom stereocenters. The Labute approximate surface area is 110 Å². The molecule has 0 aliphatic carbocycles. The first-order valence-electron chi connectivity index (χ1n) is 5.27. The summed E-state index contributed by atoms with van der Waals surface area (Å²) >= 11 is 1.09. The van der Waals surface area contributed by atoms with E-state index in [9.17, 15) is 18.5 Å². The first kappa shape index (κ1) is 15.1. The first-order valence-corrected chi connectivity index (χ1v) is 7.98. The average molecular weight is 292 g/mol. The van der Waals surface area contributed by atoms with Crippen LogP contribution in [-0.2, 0) is 16.4 Å². The second-order valence-electron chi connectivity index (χ2n) is 4.63. The Kier molecular flexibility index (Phi) is 4.46. The van der Waals surface area contributed by atoms with Crippen molar-refractivity contribution in [2.75, 3.05) is 12.8 Å². The van der Waals surface area contributed by atoms with E-state index in [1.165, 1.54) is 12.3 Å². The van der Waals surface area contributed by atoms with Gasteiger partial charge in [-0.2, -0.15) is 0 Å². The number of thiophene rings is 1. The van der Waals surface area contributed by atoms with Crippen LogP contribution in [0.4, 0.5) is 5.00 Å². The third kappa shape index (κ3) is 3.76. The van der Waals surface area contributed by atoms with Gasteiger partial charge in [-0.15, -0.1) is 0 Å². The average Bonchev–Trinajstić information content (AvgIpc) is 2.64. The number of sulfone groups is 1. The highest BCUT2D eigenvalue weighted by Gasteiger charge is 2.29. The highest BCUT2D eigenvalue weighted by molar-refractivity contribution is 7.92. The third-order valence-corrected chi connectivity index (χ3v) is 5.87. The van der Waals surface area contributed by atoms with E-state index in [4.69, 9.17) is 0 Å². The fraction of sp³-hybridized carbons (Fsp3) is 0.600. The Bertz CT molecular complexity index is 534. The van der Waals surface area contributed by atoms with E-state index in [-0.39, 0.29) is 5.00 Å². The molecule has 0 amide bonds. The molecule has 1 rings (SSSR count). The van der Waals surface area contributed by atoms with Gasteiger partial charge in [0, 0.05) is 30.3 Å². The largest absolute Gasteiger partial charge is 0.324 e. The molecule has 1 N–H and O–H groups in total. The van der Waals surface area contributed by atoms with Gasteiger partial charge in [-0.1, -0.05) is 11.3 Å². The molecule has 0 unspecified atom stereocenters. The highest BCUT2D eigenvalue weighted by atomic mass is 32.2. The lowest BCUT2D eigenvalue weighted by Crippen LogP contribution is -2.41. The van der Waals surface area contributed by atoms with Crippen LogP contribution >= 0.6 is 11.3 Å². The molecule has 0 aliphatic rings. The van der Waals surface area contributed by atoms with Crippen molar-refractivity contribution in [1.29, 1.82) is 0 Å². The van der Waals surface area contributed by atoms with Gasteiger partial charge in [-0.05, 0) is 19.9 Å². The SMILES string of the molecule is CC(C)(CNCc1ccc([N+](=O)[O-])s1)S(C)(=O)=O. The van der Waals surface area contributed by atoms with Crippen LogP contribution in [0.2, 0.25) is 0 Å². The van der Waals surface area contributed by atoms with Crippen LogP contribution in [0.15, 0.2) is 12.1 Å². The lowest BCUT2D eigenvalue weighted by molar-refractivity contribution is -0.380. The van der Waals surface area contributed by atoms with Crippen LogP contribution in [0.5, 0.6) is 0 Å². The normalized spacial score (nSPS) is 12.6. The van der Waals surface area contributed by atoms with Crippen LogP contribution in [-0.4, -0.2) is 30.9 Å². The quantitative estimate of drug-likeness (QED) is 0.635. The van der Waals surface area contributed by atoms with Gasteiger partial charge in [0.1, 0.15) is 0 Å². The molecule has 1 aromatic heterocycles. The molecule has 8 heteroatoms. The number of rotatable bonds is 6. The highest BCUT2D eigenvalue weighted by Crippen LogP contribution is 2.23.